The monoisotopic (exact) mass is 318 g/mol. The molecule has 1 aromatic carbocycles. The van der Waals surface area contributed by atoms with Crippen molar-refractivity contribution in [3.05, 3.63) is 53.3 Å². The molecule has 0 aliphatic heterocycles. The van der Waals surface area contributed by atoms with Gasteiger partial charge in [-0.05, 0) is 23.1 Å². The normalized spacial score (nSPS) is 18.2. The molecule has 0 N–H and O–H groups in total. The van der Waals surface area contributed by atoms with Gasteiger partial charge in [0.15, 0.2) is 6.35 Å². The molecular formula is C21H32BLiO. The summed E-state index contributed by atoms with van der Waals surface area (Å²) >= 11 is 0. The molecule has 0 saturated heterocycles. The average molecular weight is 318 g/mol. The Balaban J connectivity index is 0.00000288. The van der Waals surface area contributed by atoms with E-state index in [0.29, 0.717) is 5.92 Å². The zero-order valence-electron chi connectivity index (χ0n) is 16.3. The maximum absolute atomic E-state index is 6.39. The van der Waals surface area contributed by atoms with Gasteiger partial charge >= 0.3 is 18.9 Å². The van der Waals surface area contributed by atoms with Gasteiger partial charge in [-0.25, -0.2) is 0 Å². The van der Waals surface area contributed by atoms with E-state index in [1.54, 1.807) is 0 Å². The minimum atomic E-state index is -0.708. The van der Waals surface area contributed by atoms with Crippen LogP contribution >= 0.6 is 0 Å². The predicted octanol–water partition coefficient (Wildman–Crippen LogP) is 3.90. The molecule has 126 valence electrons. The molecule has 1 aliphatic carbocycles. The molecule has 0 bridgehead atoms. The Morgan fingerprint density at radius 1 is 1.00 bits per heavy atom. The predicted molar refractivity (Wildman–Crippen MR) is 104 cm³/mol. The zero-order valence-corrected chi connectivity index (χ0v) is 16.3. The molecule has 24 heavy (non-hydrogen) atoms. The number of hydrogen-bond acceptors (Lipinski definition) is 1. The SMILES string of the molecule is CCCC[C@H]1/C(=C\O[B-](CC)(CC)CC)C=Cc2ccccc21.[Li+]. The zero-order chi connectivity index (χ0) is 16.7. The molecule has 0 radical (unpaired) electrons. The first-order valence-electron chi connectivity index (χ1n) is 9.54. The van der Waals surface area contributed by atoms with Gasteiger partial charge in [-0.3, -0.25) is 0 Å². The molecule has 1 nitrogen and oxygen atoms in total. The Hall–Kier alpha value is -0.838. The summed E-state index contributed by atoms with van der Waals surface area (Å²) in [5, 5.41) is 0. The van der Waals surface area contributed by atoms with Crippen molar-refractivity contribution in [3.8, 4) is 0 Å². The number of hydrogen-bond donors (Lipinski definition) is 0. The van der Waals surface area contributed by atoms with Gasteiger partial charge < -0.3 is 4.65 Å². The van der Waals surface area contributed by atoms with Gasteiger partial charge in [-0.2, -0.15) is 0 Å². The minimum Gasteiger partial charge on any atom is -0.718 e. The van der Waals surface area contributed by atoms with Crippen LogP contribution in [0.3, 0.4) is 0 Å². The van der Waals surface area contributed by atoms with Gasteiger partial charge in [0.05, 0.1) is 0 Å². The molecule has 0 spiro atoms. The van der Waals surface area contributed by atoms with Crippen molar-refractivity contribution in [2.45, 2.75) is 71.8 Å². The van der Waals surface area contributed by atoms with Crippen molar-refractivity contribution in [3.63, 3.8) is 0 Å². The van der Waals surface area contributed by atoms with Gasteiger partial charge in [-0.15, -0.1) is 19.0 Å². The molecule has 0 fully saturated rings. The van der Waals surface area contributed by atoms with Crippen LogP contribution in [0.2, 0.25) is 19.0 Å². The van der Waals surface area contributed by atoms with Crippen molar-refractivity contribution < 1.29 is 23.5 Å². The van der Waals surface area contributed by atoms with Crippen LogP contribution in [0.25, 0.3) is 6.08 Å². The largest absolute Gasteiger partial charge is 1.00 e. The molecule has 0 aromatic heterocycles. The molecule has 0 unspecified atom stereocenters. The average Bonchev–Trinajstić information content (AvgIpc) is 2.62. The molecule has 1 atom stereocenters. The van der Waals surface area contributed by atoms with Crippen molar-refractivity contribution in [1.29, 1.82) is 0 Å². The number of allylic oxidation sites excluding steroid dienone is 2. The van der Waals surface area contributed by atoms with Crippen molar-refractivity contribution in [2.24, 2.45) is 0 Å². The van der Waals surface area contributed by atoms with Crippen LogP contribution in [-0.4, -0.2) is 6.35 Å². The van der Waals surface area contributed by atoms with Crippen LogP contribution < -0.4 is 18.9 Å². The second-order valence-electron chi connectivity index (χ2n) is 7.00. The minimum absolute atomic E-state index is 0. The van der Waals surface area contributed by atoms with Crippen molar-refractivity contribution in [1.82, 2.24) is 0 Å². The standard InChI is InChI=1S/C21H32BO.Li/c1-5-9-13-21-19(17-23-22(6-2,7-3)8-4)16-15-18-12-10-11-14-20(18)21;/h10-12,14-17,21H,5-9,13H2,1-4H3;/q-1;+1/b19-17-;/t21-;/m0./s1. The van der Waals surface area contributed by atoms with Gasteiger partial charge in [0, 0.05) is 12.2 Å². The fourth-order valence-electron chi connectivity index (χ4n) is 3.69. The number of rotatable bonds is 8. The fourth-order valence-corrected chi connectivity index (χ4v) is 3.69. The molecule has 3 heteroatoms. The number of unbranched alkanes of at least 4 members (excludes halogenated alkanes) is 1. The van der Waals surface area contributed by atoms with E-state index in [2.05, 4.69) is 70.4 Å². The maximum atomic E-state index is 6.39. The van der Waals surface area contributed by atoms with E-state index in [9.17, 15) is 0 Å². The van der Waals surface area contributed by atoms with Crippen LogP contribution in [0, 0.1) is 0 Å². The Morgan fingerprint density at radius 2 is 1.67 bits per heavy atom. The van der Waals surface area contributed by atoms with Crippen LogP contribution in [0.5, 0.6) is 0 Å². The van der Waals surface area contributed by atoms with Crippen LogP contribution in [0.15, 0.2) is 42.2 Å². The van der Waals surface area contributed by atoms with E-state index in [0.717, 1.165) is 19.0 Å². The molecule has 0 heterocycles. The first-order valence-corrected chi connectivity index (χ1v) is 9.54. The van der Waals surface area contributed by atoms with E-state index < -0.39 is 6.35 Å². The summed E-state index contributed by atoms with van der Waals surface area (Å²) in [5.41, 5.74) is 4.17. The molecular weight excluding hydrogens is 286 g/mol. The fraction of sp³-hybridized carbons (Fsp3) is 0.524. The van der Waals surface area contributed by atoms with E-state index in [-0.39, 0.29) is 18.9 Å². The third-order valence-electron chi connectivity index (χ3n) is 5.80. The summed E-state index contributed by atoms with van der Waals surface area (Å²) in [6.45, 7) is 9.04. The Labute approximate surface area is 161 Å². The molecule has 1 aromatic rings. The Bertz CT molecular complexity index is 552. The van der Waals surface area contributed by atoms with Gasteiger partial charge in [0.25, 0.3) is 0 Å². The molecule has 0 saturated carbocycles. The Kier molecular flexibility index (Phi) is 9.03. The summed E-state index contributed by atoms with van der Waals surface area (Å²) in [6, 6.07) is 8.80. The van der Waals surface area contributed by atoms with Crippen molar-refractivity contribution in [2.75, 3.05) is 0 Å². The summed E-state index contributed by atoms with van der Waals surface area (Å²) in [4.78, 5) is 0. The summed E-state index contributed by atoms with van der Waals surface area (Å²) in [7, 11) is 0. The van der Waals surface area contributed by atoms with Crippen LogP contribution in [0.1, 0.15) is 64.0 Å². The van der Waals surface area contributed by atoms with Crippen LogP contribution in [-0.2, 0) is 4.65 Å². The molecule has 1 aliphatic rings. The summed E-state index contributed by atoms with van der Waals surface area (Å²) < 4.78 is 6.39. The quantitative estimate of drug-likeness (QED) is 0.522. The first-order chi connectivity index (χ1) is 11.2. The summed E-state index contributed by atoms with van der Waals surface area (Å²) in [5.74, 6) is 0.482. The van der Waals surface area contributed by atoms with Crippen LogP contribution in [0.4, 0.5) is 0 Å². The van der Waals surface area contributed by atoms with E-state index >= 15 is 0 Å². The second-order valence-corrected chi connectivity index (χ2v) is 7.00. The van der Waals surface area contributed by atoms with Crippen molar-refractivity contribution >= 4 is 12.4 Å². The number of fused-ring (bicyclic) bond motifs is 1. The molecule has 2 rings (SSSR count). The van der Waals surface area contributed by atoms with E-state index in [1.165, 1.54) is 36.0 Å². The van der Waals surface area contributed by atoms with Gasteiger partial charge in [0.1, 0.15) is 0 Å². The molecule has 0 amide bonds. The van der Waals surface area contributed by atoms with Gasteiger partial charge in [0.2, 0.25) is 0 Å². The third kappa shape index (κ3) is 4.84. The number of benzene rings is 1. The van der Waals surface area contributed by atoms with Gasteiger partial charge in [-0.1, -0.05) is 77.0 Å². The van der Waals surface area contributed by atoms with E-state index in [1.807, 2.05) is 0 Å². The Morgan fingerprint density at radius 3 is 2.29 bits per heavy atom. The van der Waals surface area contributed by atoms with E-state index in [4.69, 9.17) is 4.65 Å². The second kappa shape index (κ2) is 10.2. The summed E-state index contributed by atoms with van der Waals surface area (Å²) in [6.07, 6.45) is 13.0. The third-order valence-corrected chi connectivity index (χ3v) is 5.80. The topological polar surface area (TPSA) is 9.23 Å². The maximum Gasteiger partial charge on any atom is 1.00 e. The smallest absolute Gasteiger partial charge is 0.718 e. The first kappa shape index (κ1) is 21.2.